The molecule has 6 nitrogen and oxygen atoms in total. The third-order valence-electron chi connectivity index (χ3n) is 3.70. The van der Waals surface area contributed by atoms with Crippen LogP contribution < -0.4 is 5.32 Å². The summed E-state index contributed by atoms with van der Waals surface area (Å²) in [6.45, 7) is 3.15. The highest BCUT2D eigenvalue weighted by molar-refractivity contribution is 5.91. The zero-order valence-electron chi connectivity index (χ0n) is 11.4. The van der Waals surface area contributed by atoms with Crippen molar-refractivity contribution in [1.82, 2.24) is 15.1 Å². The third-order valence-corrected chi connectivity index (χ3v) is 3.70. The first kappa shape index (κ1) is 13.2. The predicted molar refractivity (Wildman–Crippen MR) is 72.2 cm³/mol. The SMILES string of the molecule is O=C(CN1CCN(C(=O)c2ccco2)CC1)NC1CC1. The summed E-state index contributed by atoms with van der Waals surface area (Å²) >= 11 is 0. The molecule has 2 amide bonds. The van der Waals surface area contributed by atoms with E-state index in [0.717, 1.165) is 25.9 Å². The second kappa shape index (κ2) is 5.66. The Hall–Kier alpha value is -1.82. The lowest BCUT2D eigenvalue weighted by Crippen LogP contribution is -2.51. The molecule has 1 aromatic rings. The minimum absolute atomic E-state index is 0.0721. The van der Waals surface area contributed by atoms with E-state index in [0.29, 0.717) is 31.4 Å². The average Bonchev–Trinajstić information content (AvgIpc) is 3.08. The number of furan rings is 1. The Bertz CT molecular complexity index is 474. The number of piperazine rings is 1. The lowest BCUT2D eigenvalue weighted by molar-refractivity contribution is -0.122. The maximum absolute atomic E-state index is 12.1. The fourth-order valence-electron chi connectivity index (χ4n) is 2.37. The van der Waals surface area contributed by atoms with Gasteiger partial charge in [0.1, 0.15) is 0 Å². The smallest absolute Gasteiger partial charge is 0.289 e. The standard InChI is InChI=1S/C14H19N3O3/c18-13(15-11-3-4-11)10-16-5-7-17(8-6-16)14(19)12-2-1-9-20-12/h1-2,9,11H,3-8,10H2,(H,15,18). The van der Waals surface area contributed by atoms with Gasteiger partial charge in [-0.15, -0.1) is 0 Å². The molecule has 1 saturated heterocycles. The van der Waals surface area contributed by atoms with E-state index >= 15 is 0 Å². The molecule has 0 spiro atoms. The predicted octanol–water partition coefficient (Wildman–Crippen LogP) is 0.316. The largest absolute Gasteiger partial charge is 0.459 e. The van der Waals surface area contributed by atoms with Gasteiger partial charge in [0.15, 0.2) is 5.76 Å². The van der Waals surface area contributed by atoms with Crippen molar-refractivity contribution >= 4 is 11.8 Å². The molecule has 1 aliphatic heterocycles. The van der Waals surface area contributed by atoms with Gasteiger partial charge in [-0.1, -0.05) is 0 Å². The number of carbonyl (C=O) groups is 2. The molecule has 0 aromatic carbocycles. The summed E-state index contributed by atoms with van der Waals surface area (Å²) in [7, 11) is 0. The normalized spacial score (nSPS) is 19.9. The molecule has 0 radical (unpaired) electrons. The molecule has 2 fully saturated rings. The van der Waals surface area contributed by atoms with Crippen LogP contribution >= 0.6 is 0 Å². The lowest BCUT2D eigenvalue weighted by Gasteiger charge is -2.33. The van der Waals surface area contributed by atoms with E-state index in [-0.39, 0.29) is 11.8 Å². The van der Waals surface area contributed by atoms with Gasteiger partial charge in [-0.2, -0.15) is 0 Å². The van der Waals surface area contributed by atoms with Gasteiger partial charge in [-0.25, -0.2) is 0 Å². The summed E-state index contributed by atoms with van der Waals surface area (Å²) in [5.41, 5.74) is 0. The quantitative estimate of drug-likeness (QED) is 0.860. The van der Waals surface area contributed by atoms with E-state index in [1.54, 1.807) is 17.0 Å². The van der Waals surface area contributed by atoms with Crippen LogP contribution in [-0.2, 0) is 4.79 Å². The Morgan fingerprint density at radius 2 is 2.00 bits per heavy atom. The first-order valence-corrected chi connectivity index (χ1v) is 7.07. The molecule has 1 aliphatic carbocycles. The van der Waals surface area contributed by atoms with Crippen molar-refractivity contribution in [1.29, 1.82) is 0 Å². The van der Waals surface area contributed by atoms with Crippen LogP contribution in [0.25, 0.3) is 0 Å². The molecule has 2 aliphatic rings. The molecule has 0 unspecified atom stereocenters. The van der Waals surface area contributed by atoms with Crippen molar-refractivity contribution in [3.63, 3.8) is 0 Å². The molecule has 0 atom stereocenters. The van der Waals surface area contributed by atoms with Crippen LogP contribution in [0.3, 0.4) is 0 Å². The van der Waals surface area contributed by atoms with Crippen molar-refractivity contribution in [3.05, 3.63) is 24.2 Å². The molecule has 2 heterocycles. The van der Waals surface area contributed by atoms with Crippen LogP contribution in [0.4, 0.5) is 0 Å². The number of nitrogens with one attached hydrogen (secondary N) is 1. The number of amides is 2. The summed E-state index contributed by atoms with van der Waals surface area (Å²) in [4.78, 5) is 27.7. The van der Waals surface area contributed by atoms with Crippen molar-refractivity contribution < 1.29 is 14.0 Å². The monoisotopic (exact) mass is 277 g/mol. The molecule has 3 rings (SSSR count). The Morgan fingerprint density at radius 1 is 1.25 bits per heavy atom. The summed E-state index contributed by atoms with van der Waals surface area (Å²) in [5, 5.41) is 2.98. The summed E-state index contributed by atoms with van der Waals surface area (Å²) in [6.07, 6.45) is 3.72. The fourth-order valence-corrected chi connectivity index (χ4v) is 2.37. The van der Waals surface area contributed by atoms with Crippen molar-refractivity contribution in [2.75, 3.05) is 32.7 Å². The Kier molecular flexibility index (Phi) is 3.73. The van der Waals surface area contributed by atoms with E-state index in [1.807, 2.05) is 0 Å². The van der Waals surface area contributed by atoms with E-state index in [4.69, 9.17) is 4.42 Å². The van der Waals surface area contributed by atoms with Gasteiger partial charge in [-0.05, 0) is 25.0 Å². The Morgan fingerprint density at radius 3 is 2.60 bits per heavy atom. The molecule has 6 heteroatoms. The van der Waals surface area contributed by atoms with Crippen LogP contribution in [0.15, 0.2) is 22.8 Å². The molecular weight excluding hydrogens is 258 g/mol. The summed E-state index contributed by atoms with van der Waals surface area (Å²) in [5.74, 6) is 0.403. The van der Waals surface area contributed by atoms with E-state index in [1.165, 1.54) is 6.26 Å². The third kappa shape index (κ3) is 3.19. The average molecular weight is 277 g/mol. The first-order chi connectivity index (χ1) is 9.72. The van der Waals surface area contributed by atoms with Crippen LogP contribution in [0.1, 0.15) is 23.4 Å². The van der Waals surface area contributed by atoms with Crippen LogP contribution in [0, 0.1) is 0 Å². The number of hydrogen-bond acceptors (Lipinski definition) is 4. The molecule has 1 aromatic heterocycles. The Labute approximate surface area is 117 Å². The van der Waals surface area contributed by atoms with Gasteiger partial charge >= 0.3 is 0 Å². The number of nitrogens with zero attached hydrogens (tertiary/aromatic N) is 2. The molecule has 108 valence electrons. The van der Waals surface area contributed by atoms with E-state index in [9.17, 15) is 9.59 Å². The zero-order chi connectivity index (χ0) is 13.9. The second-order valence-corrected chi connectivity index (χ2v) is 5.39. The first-order valence-electron chi connectivity index (χ1n) is 7.07. The van der Waals surface area contributed by atoms with Gasteiger partial charge in [0, 0.05) is 32.2 Å². The Balaban J connectivity index is 1.44. The van der Waals surface area contributed by atoms with Gasteiger partial charge in [0.05, 0.1) is 12.8 Å². The number of carbonyl (C=O) groups excluding carboxylic acids is 2. The highest BCUT2D eigenvalue weighted by Crippen LogP contribution is 2.18. The van der Waals surface area contributed by atoms with Crippen molar-refractivity contribution in [2.45, 2.75) is 18.9 Å². The van der Waals surface area contributed by atoms with Crippen molar-refractivity contribution in [2.24, 2.45) is 0 Å². The molecule has 20 heavy (non-hydrogen) atoms. The van der Waals surface area contributed by atoms with Gasteiger partial charge in [0.25, 0.3) is 5.91 Å². The number of rotatable bonds is 4. The highest BCUT2D eigenvalue weighted by atomic mass is 16.3. The molecular formula is C14H19N3O3. The lowest BCUT2D eigenvalue weighted by atomic mass is 10.3. The van der Waals surface area contributed by atoms with Crippen LogP contribution in [0.5, 0.6) is 0 Å². The maximum atomic E-state index is 12.1. The fraction of sp³-hybridized carbons (Fsp3) is 0.571. The minimum atomic E-state index is -0.0721. The zero-order valence-corrected chi connectivity index (χ0v) is 11.4. The highest BCUT2D eigenvalue weighted by Gasteiger charge is 2.27. The van der Waals surface area contributed by atoms with Crippen LogP contribution in [-0.4, -0.2) is 60.4 Å². The van der Waals surface area contributed by atoms with E-state index < -0.39 is 0 Å². The molecule has 1 N–H and O–H groups in total. The van der Waals surface area contributed by atoms with E-state index in [2.05, 4.69) is 10.2 Å². The van der Waals surface area contributed by atoms with Crippen molar-refractivity contribution in [3.8, 4) is 0 Å². The molecule has 1 saturated carbocycles. The number of hydrogen-bond donors (Lipinski definition) is 1. The van der Waals surface area contributed by atoms with Gasteiger partial charge in [-0.3, -0.25) is 14.5 Å². The molecule has 0 bridgehead atoms. The summed E-state index contributed by atoms with van der Waals surface area (Å²) in [6, 6.07) is 3.80. The van der Waals surface area contributed by atoms with Gasteiger partial charge in [0.2, 0.25) is 5.91 Å². The van der Waals surface area contributed by atoms with Crippen LogP contribution in [0.2, 0.25) is 0 Å². The maximum Gasteiger partial charge on any atom is 0.289 e. The minimum Gasteiger partial charge on any atom is -0.459 e. The summed E-state index contributed by atoms with van der Waals surface area (Å²) < 4.78 is 5.12. The second-order valence-electron chi connectivity index (χ2n) is 5.39. The topological polar surface area (TPSA) is 65.8 Å². The van der Waals surface area contributed by atoms with Gasteiger partial charge < -0.3 is 14.6 Å².